The van der Waals surface area contributed by atoms with Crippen molar-refractivity contribution in [3.63, 3.8) is 0 Å². The van der Waals surface area contributed by atoms with E-state index in [0.717, 1.165) is 16.5 Å². The molecular formula is C24H29N5O3. The van der Waals surface area contributed by atoms with Crippen molar-refractivity contribution in [1.82, 2.24) is 19.4 Å². The maximum Gasteiger partial charge on any atom is 0.253 e. The first-order valence-electron chi connectivity index (χ1n) is 10.7. The van der Waals surface area contributed by atoms with Crippen LogP contribution >= 0.6 is 0 Å². The lowest BCUT2D eigenvalue weighted by Gasteiger charge is -2.35. The topological polar surface area (TPSA) is 93.7 Å². The zero-order valence-corrected chi connectivity index (χ0v) is 18.7. The van der Waals surface area contributed by atoms with Crippen LogP contribution in [0.3, 0.4) is 0 Å². The van der Waals surface area contributed by atoms with Crippen LogP contribution in [0.4, 0.5) is 5.82 Å². The number of ether oxygens (including phenoxy) is 1. The van der Waals surface area contributed by atoms with E-state index in [9.17, 15) is 9.59 Å². The van der Waals surface area contributed by atoms with Crippen LogP contribution in [0.2, 0.25) is 0 Å². The number of hydrogen-bond acceptors (Lipinski definition) is 5. The number of nitrogens with zero attached hydrogens (tertiary/aromatic N) is 4. The molecule has 8 heteroatoms. The molecule has 0 radical (unpaired) electrons. The number of carbonyl (C=O) groups excluding carboxylic acids is 2. The number of nitrogens with two attached hydrogens (primary N) is 1. The third-order valence-corrected chi connectivity index (χ3v) is 5.89. The van der Waals surface area contributed by atoms with Crippen LogP contribution in [0.1, 0.15) is 21.6 Å². The molecule has 4 rings (SSSR count). The molecule has 168 valence electrons. The third-order valence-electron chi connectivity index (χ3n) is 5.89. The number of benzene rings is 1. The first kappa shape index (κ1) is 21.8. The normalized spacial score (nSPS) is 16.3. The minimum absolute atomic E-state index is 0.0140. The number of pyridine rings is 1. The van der Waals surface area contributed by atoms with Gasteiger partial charge in [-0.2, -0.15) is 0 Å². The lowest BCUT2D eigenvalue weighted by Crippen LogP contribution is -2.50. The summed E-state index contributed by atoms with van der Waals surface area (Å²) in [6.07, 6.45) is 2.93. The number of carbonyl (C=O) groups is 2. The summed E-state index contributed by atoms with van der Waals surface area (Å²) in [6.45, 7) is 1.54. The smallest absolute Gasteiger partial charge is 0.253 e. The molecule has 2 amide bonds. The first-order chi connectivity index (χ1) is 15.3. The van der Waals surface area contributed by atoms with Gasteiger partial charge in [0.25, 0.3) is 5.91 Å². The quantitative estimate of drug-likeness (QED) is 0.660. The average Bonchev–Trinajstić information content (AvgIpc) is 3.08. The molecule has 0 unspecified atom stereocenters. The van der Waals surface area contributed by atoms with Crippen LogP contribution in [0.25, 0.3) is 10.9 Å². The van der Waals surface area contributed by atoms with Gasteiger partial charge in [-0.05, 0) is 42.3 Å². The van der Waals surface area contributed by atoms with Crippen molar-refractivity contribution in [1.29, 1.82) is 0 Å². The second-order valence-electron chi connectivity index (χ2n) is 8.45. The van der Waals surface area contributed by atoms with Gasteiger partial charge < -0.3 is 24.8 Å². The Bertz CT molecular complexity index is 1150. The molecule has 1 aliphatic rings. The van der Waals surface area contributed by atoms with Gasteiger partial charge in [-0.25, -0.2) is 4.98 Å². The van der Waals surface area contributed by atoms with Gasteiger partial charge in [0.1, 0.15) is 5.82 Å². The maximum absolute atomic E-state index is 13.1. The molecule has 3 aromatic rings. The predicted molar refractivity (Wildman–Crippen MR) is 123 cm³/mol. The average molecular weight is 436 g/mol. The van der Waals surface area contributed by atoms with Crippen molar-refractivity contribution < 1.29 is 14.3 Å². The van der Waals surface area contributed by atoms with E-state index in [1.54, 1.807) is 25.1 Å². The molecule has 0 aliphatic carbocycles. The van der Waals surface area contributed by atoms with Crippen LogP contribution < -0.4 is 5.73 Å². The highest BCUT2D eigenvalue weighted by Gasteiger charge is 2.28. The van der Waals surface area contributed by atoms with Crippen LogP contribution in [0, 0.1) is 0 Å². The lowest BCUT2D eigenvalue weighted by molar-refractivity contribution is -0.139. The van der Waals surface area contributed by atoms with Crippen molar-refractivity contribution in [2.24, 2.45) is 7.05 Å². The summed E-state index contributed by atoms with van der Waals surface area (Å²) >= 11 is 0. The molecule has 1 fully saturated rings. The number of hydrogen-bond donors (Lipinski definition) is 1. The predicted octanol–water partition coefficient (Wildman–Crippen LogP) is 1.87. The van der Waals surface area contributed by atoms with E-state index in [4.69, 9.17) is 10.5 Å². The SMILES string of the molecule is CN(C)C(=O)c1ccc2c(c1)c(C[C@H]1COCCN1C(=O)Cc1cccc(N)n1)cn2C. The summed E-state index contributed by atoms with van der Waals surface area (Å²) in [5.41, 5.74) is 9.22. The summed E-state index contributed by atoms with van der Waals surface area (Å²) in [4.78, 5) is 33.3. The monoisotopic (exact) mass is 435 g/mol. The Labute approximate surface area is 187 Å². The molecule has 8 nitrogen and oxygen atoms in total. The standard InChI is InChI=1S/C24H29N5O3/c1-27(2)24(31)16-7-8-21-20(12-16)17(14-28(21)3)11-19-15-32-10-9-29(19)23(30)13-18-5-4-6-22(25)26-18/h4-8,12,14,19H,9-11,13,15H2,1-3H3,(H2,25,26)/t19-/m0/s1. The van der Waals surface area contributed by atoms with Gasteiger partial charge in [0, 0.05) is 50.4 Å². The number of rotatable bonds is 5. The highest BCUT2D eigenvalue weighted by atomic mass is 16.5. The van der Waals surface area contributed by atoms with Crippen molar-refractivity contribution in [3.8, 4) is 0 Å². The Hall–Kier alpha value is -3.39. The Morgan fingerprint density at radius 1 is 1.25 bits per heavy atom. The number of anilines is 1. The molecule has 0 spiro atoms. The van der Waals surface area contributed by atoms with Gasteiger partial charge in [0.2, 0.25) is 5.91 Å². The second kappa shape index (κ2) is 9.00. The minimum Gasteiger partial charge on any atom is -0.384 e. The highest BCUT2D eigenvalue weighted by molar-refractivity contribution is 5.98. The van der Waals surface area contributed by atoms with Crippen molar-refractivity contribution >= 4 is 28.5 Å². The van der Waals surface area contributed by atoms with E-state index >= 15 is 0 Å². The summed E-state index contributed by atoms with van der Waals surface area (Å²) in [6, 6.07) is 11.0. The van der Waals surface area contributed by atoms with Gasteiger partial charge in [-0.15, -0.1) is 0 Å². The van der Waals surface area contributed by atoms with E-state index in [2.05, 4.69) is 15.7 Å². The zero-order chi connectivity index (χ0) is 22.8. The molecular weight excluding hydrogens is 406 g/mol. The number of morpholine rings is 1. The van der Waals surface area contributed by atoms with E-state index in [1.807, 2.05) is 42.3 Å². The van der Waals surface area contributed by atoms with E-state index < -0.39 is 0 Å². The molecule has 1 saturated heterocycles. The number of amides is 2. The third kappa shape index (κ3) is 4.45. The van der Waals surface area contributed by atoms with Gasteiger partial charge in [0.05, 0.1) is 31.4 Å². The van der Waals surface area contributed by atoms with Crippen LogP contribution in [-0.4, -0.2) is 71.1 Å². The van der Waals surface area contributed by atoms with Crippen LogP contribution in [0.5, 0.6) is 0 Å². The van der Waals surface area contributed by atoms with Gasteiger partial charge in [-0.1, -0.05) is 6.07 Å². The Balaban J connectivity index is 1.59. The van der Waals surface area contributed by atoms with Gasteiger partial charge >= 0.3 is 0 Å². The number of nitrogen functional groups attached to an aromatic ring is 1. The van der Waals surface area contributed by atoms with Gasteiger partial charge in [0.15, 0.2) is 0 Å². The van der Waals surface area contributed by atoms with E-state index in [1.165, 1.54) is 0 Å². The molecule has 2 aromatic heterocycles. The molecule has 32 heavy (non-hydrogen) atoms. The number of aromatic nitrogens is 2. The largest absolute Gasteiger partial charge is 0.384 e. The molecule has 1 aromatic carbocycles. The number of aryl methyl sites for hydroxylation is 1. The molecule has 0 saturated carbocycles. The van der Waals surface area contributed by atoms with Crippen molar-refractivity contribution in [3.05, 3.63) is 59.4 Å². The second-order valence-corrected chi connectivity index (χ2v) is 8.45. The van der Waals surface area contributed by atoms with Crippen LogP contribution in [-0.2, 0) is 29.4 Å². The molecule has 1 atom stereocenters. The molecule has 2 N–H and O–H groups in total. The summed E-state index contributed by atoms with van der Waals surface area (Å²) < 4.78 is 7.78. The fourth-order valence-electron chi connectivity index (χ4n) is 4.29. The first-order valence-corrected chi connectivity index (χ1v) is 10.7. The van der Waals surface area contributed by atoms with Crippen LogP contribution in [0.15, 0.2) is 42.6 Å². The summed E-state index contributed by atoms with van der Waals surface area (Å²) in [5.74, 6) is 0.391. The van der Waals surface area contributed by atoms with Crippen molar-refractivity contribution in [2.45, 2.75) is 18.9 Å². The van der Waals surface area contributed by atoms with E-state index in [-0.39, 0.29) is 24.3 Å². The fraction of sp³-hybridized carbons (Fsp3) is 0.375. The Morgan fingerprint density at radius 2 is 2.06 bits per heavy atom. The summed E-state index contributed by atoms with van der Waals surface area (Å²) in [5, 5.41) is 1.02. The van der Waals surface area contributed by atoms with Gasteiger partial charge in [-0.3, -0.25) is 9.59 Å². The molecule has 1 aliphatic heterocycles. The minimum atomic E-state index is -0.0869. The zero-order valence-electron chi connectivity index (χ0n) is 18.7. The Kier molecular flexibility index (Phi) is 6.14. The molecule has 3 heterocycles. The fourth-order valence-corrected chi connectivity index (χ4v) is 4.29. The van der Waals surface area contributed by atoms with E-state index in [0.29, 0.717) is 43.3 Å². The lowest BCUT2D eigenvalue weighted by atomic mass is 10.0. The summed E-state index contributed by atoms with van der Waals surface area (Å²) in [7, 11) is 5.48. The van der Waals surface area contributed by atoms with Crippen molar-refractivity contribution in [2.75, 3.05) is 39.6 Å². The number of fused-ring (bicyclic) bond motifs is 1. The Morgan fingerprint density at radius 3 is 2.81 bits per heavy atom. The maximum atomic E-state index is 13.1. The molecule has 0 bridgehead atoms. The highest BCUT2D eigenvalue weighted by Crippen LogP contribution is 2.26.